The van der Waals surface area contributed by atoms with Crippen LogP contribution in [-0.4, -0.2) is 72.1 Å². The van der Waals surface area contributed by atoms with E-state index in [1.807, 2.05) is 18.2 Å². The molecule has 61 heavy (non-hydrogen) atoms. The molecule has 12 nitrogen and oxygen atoms in total. The van der Waals surface area contributed by atoms with E-state index in [0.717, 1.165) is 10.7 Å². The first-order chi connectivity index (χ1) is 29.1. The zero-order valence-corrected chi connectivity index (χ0v) is 35.2. The molecule has 3 aliphatic heterocycles. The summed E-state index contributed by atoms with van der Waals surface area (Å²) < 4.78 is 52.0. The second kappa shape index (κ2) is 15.3. The van der Waals surface area contributed by atoms with Gasteiger partial charge in [0, 0.05) is 35.9 Å². The van der Waals surface area contributed by atoms with Crippen molar-refractivity contribution in [2.75, 3.05) is 48.6 Å². The number of imide groups is 2. The van der Waals surface area contributed by atoms with Gasteiger partial charge in [-0.1, -0.05) is 47.0 Å². The first-order valence-electron chi connectivity index (χ1n) is 19.4. The Kier molecular flexibility index (Phi) is 10.4. The number of allylic oxidation sites excluding steroid dienone is 2. The average molecular weight is 942 g/mol. The number of rotatable bonds is 7. The van der Waals surface area contributed by atoms with E-state index in [-0.39, 0.29) is 40.5 Å². The first-order valence-corrected chi connectivity index (χ1v) is 20.9. The summed E-state index contributed by atoms with van der Waals surface area (Å²) in [5.74, 6) is -7.63. The number of nitrogens with one attached hydrogen (secondary N) is 1. The molecule has 3 saturated heterocycles. The maximum atomic E-state index is 15.5. The van der Waals surface area contributed by atoms with Crippen molar-refractivity contribution in [3.8, 4) is 11.5 Å². The van der Waals surface area contributed by atoms with Crippen LogP contribution in [0.2, 0.25) is 10.0 Å². The number of carbonyl (C=O) groups excluding carboxylic acids is 4. The van der Waals surface area contributed by atoms with Crippen molar-refractivity contribution < 1.29 is 46.9 Å². The van der Waals surface area contributed by atoms with E-state index >= 15 is 9.59 Å². The van der Waals surface area contributed by atoms with E-state index in [2.05, 4.69) is 31.2 Å². The smallest absolute Gasteiger partial charge is 0.417 e. The van der Waals surface area contributed by atoms with E-state index in [1.165, 1.54) is 12.0 Å². The number of phenolic OH excluding ortho intramolecular Hbond substituents is 1. The minimum Gasteiger partial charge on any atom is -0.503 e. The molecular formula is C43H35BrCl2F3N5O7. The lowest BCUT2D eigenvalue weighted by Crippen LogP contribution is -2.53. The highest BCUT2D eigenvalue weighted by Gasteiger charge is 2.70. The van der Waals surface area contributed by atoms with Crippen LogP contribution in [0.1, 0.15) is 35.4 Å². The number of alkyl halides is 3. The summed E-state index contributed by atoms with van der Waals surface area (Å²) in [6.07, 6.45) is -2.28. The Labute approximate surface area is 365 Å². The van der Waals surface area contributed by atoms with Crippen LogP contribution < -0.4 is 20.0 Å². The van der Waals surface area contributed by atoms with Gasteiger partial charge in [-0.25, -0.2) is 4.98 Å². The first kappa shape index (κ1) is 41.2. The molecule has 5 aliphatic rings. The third-order valence-electron chi connectivity index (χ3n) is 12.6. The fourth-order valence-electron chi connectivity index (χ4n) is 9.96. The number of phenols is 1. The van der Waals surface area contributed by atoms with Crippen molar-refractivity contribution in [3.63, 3.8) is 0 Å². The summed E-state index contributed by atoms with van der Waals surface area (Å²) in [6, 6.07) is 17.4. The summed E-state index contributed by atoms with van der Waals surface area (Å²) in [6.45, 7) is 2.57. The molecule has 0 bridgehead atoms. The summed E-state index contributed by atoms with van der Waals surface area (Å²) in [5.41, 5.74) is 2.46. The maximum absolute atomic E-state index is 15.5. The number of ether oxygens (including phenoxy) is 2. The maximum Gasteiger partial charge on any atom is 0.417 e. The van der Waals surface area contributed by atoms with Crippen molar-refractivity contribution in [3.05, 3.63) is 116 Å². The van der Waals surface area contributed by atoms with E-state index in [0.29, 0.717) is 66.0 Å². The van der Waals surface area contributed by atoms with Crippen molar-refractivity contribution in [1.29, 1.82) is 0 Å². The second-order valence-electron chi connectivity index (χ2n) is 15.6. The number of aromatic nitrogens is 1. The number of amides is 4. The molecule has 6 atom stereocenters. The quantitative estimate of drug-likeness (QED) is 0.139. The summed E-state index contributed by atoms with van der Waals surface area (Å²) in [4.78, 5) is 66.8. The minimum absolute atomic E-state index is 0.0508. The van der Waals surface area contributed by atoms with E-state index in [9.17, 15) is 27.9 Å². The van der Waals surface area contributed by atoms with Crippen LogP contribution in [0.5, 0.6) is 11.5 Å². The second-order valence-corrected chi connectivity index (χ2v) is 17.3. The van der Waals surface area contributed by atoms with Gasteiger partial charge >= 0.3 is 6.18 Å². The molecule has 0 radical (unpaired) electrons. The number of morpholine rings is 1. The number of nitrogens with zero attached hydrogens (tertiary/aromatic N) is 4. The van der Waals surface area contributed by atoms with Gasteiger partial charge in [0.1, 0.15) is 0 Å². The number of hydrogen-bond donors (Lipinski definition) is 2. The molecule has 4 amide bonds. The molecule has 1 aromatic heterocycles. The molecule has 316 valence electrons. The van der Waals surface area contributed by atoms with Gasteiger partial charge in [0.2, 0.25) is 11.8 Å². The Morgan fingerprint density at radius 1 is 0.934 bits per heavy atom. The van der Waals surface area contributed by atoms with Gasteiger partial charge in [-0.2, -0.15) is 18.2 Å². The van der Waals surface area contributed by atoms with Crippen molar-refractivity contribution in [2.45, 2.75) is 30.4 Å². The zero-order valence-electron chi connectivity index (χ0n) is 32.1. The monoisotopic (exact) mass is 939 g/mol. The topological polar surface area (TPSA) is 142 Å². The van der Waals surface area contributed by atoms with Crippen LogP contribution in [0.3, 0.4) is 0 Å². The highest BCUT2D eigenvalue weighted by Crippen LogP contribution is 2.65. The number of aromatic hydroxyl groups is 1. The van der Waals surface area contributed by atoms with Crippen LogP contribution in [0, 0.1) is 23.7 Å². The van der Waals surface area contributed by atoms with Crippen LogP contribution in [0.15, 0.2) is 89.0 Å². The summed E-state index contributed by atoms with van der Waals surface area (Å²) in [7, 11) is 1.36. The minimum atomic E-state index is -4.77. The highest BCUT2D eigenvalue weighted by molar-refractivity contribution is 9.10. The number of methoxy groups -OCH3 is 1. The number of hydrogen-bond acceptors (Lipinski definition) is 10. The molecule has 2 N–H and O–H groups in total. The molecule has 2 aliphatic carbocycles. The zero-order chi connectivity index (χ0) is 43.1. The molecule has 0 spiro atoms. The Hall–Kier alpha value is -5.16. The fraction of sp³-hybridized carbons (Fsp3) is 0.326. The number of fused-ring (bicyclic) bond motifs is 4. The van der Waals surface area contributed by atoms with Crippen LogP contribution in [0.4, 0.5) is 30.4 Å². The lowest BCUT2D eigenvalue weighted by molar-refractivity contribution is -0.139. The molecule has 9 rings (SSSR count). The average Bonchev–Trinajstić information content (AvgIpc) is 3.63. The van der Waals surface area contributed by atoms with Crippen molar-refractivity contribution in [2.24, 2.45) is 23.7 Å². The van der Waals surface area contributed by atoms with Gasteiger partial charge in [-0.3, -0.25) is 29.5 Å². The number of anilines is 3. The molecule has 4 heterocycles. The predicted octanol–water partition coefficient (Wildman–Crippen LogP) is 7.91. The molecule has 18 heteroatoms. The number of benzene rings is 3. The third-order valence-corrected chi connectivity index (χ3v) is 13.8. The van der Waals surface area contributed by atoms with Gasteiger partial charge in [0.15, 0.2) is 17.3 Å². The van der Waals surface area contributed by atoms with Crippen molar-refractivity contribution in [1.82, 2.24) is 9.99 Å². The predicted molar refractivity (Wildman–Crippen MR) is 221 cm³/mol. The fourth-order valence-corrected chi connectivity index (χ4v) is 10.8. The van der Waals surface area contributed by atoms with E-state index in [4.69, 9.17) is 32.7 Å². The molecule has 4 fully saturated rings. The Morgan fingerprint density at radius 3 is 2.28 bits per heavy atom. The van der Waals surface area contributed by atoms with Gasteiger partial charge in [0.05, 0.1) is 64.2 Å². The molecule has 4 aromatic rings. The standard InChI is InChI=1S/C43H35BrCl2F3N5O7/c1-60-33-17-21(16-31(44)36(33)55)35-27-10-11-28-34(40(58)53(38(28)56)26-8-6-25(7-9-26)52-12-14-61-15-13-52)29(27)19-30-39(57)54(41(59)42(30,35)22-2-4-24(45)5-3-22)51-37-32(46)18-23(20-50-37)43(47,48)49/h2-10,16-18,20,28-30,34-35,55H,11-15,19H2,1H3,(H,50,51). The number of hydrazine groups is 1. The number of carbonyl (C=O) groups is 4. The van der Waals surface area contributed by atoms with Crippen LogP contribution >= 0.6 is 39.1 Å². The Balaban J connectivity index is 1.18. The SMILES string of the molecule is COc1cc(C2C3=CCC4C(=O)N(c5ccc(N6CCOCC6)cc5)C(=O)C4C3CC3C(=O)N(Nc4ncc(C(F)(F)F)cc4Cl)C(=O)C32c2ccc(Cl)cc2)cc(Br)c1O. The summed E-state index contributed by atoms with van der Waals surface area (Å²) >= 11 is 16.1. The van der Waals surface area contributed by atoms with Crippen LogP contribution in [-0.2, 0) is 35.5 Å². The lowest BCUT2D eigenvalue weighted by atomic mass is 9.49. The van der Waals surface area contributed by atoms with E-state index in [1.54, 1.807) is 48.5 Å². The highest BCUT2D eigenvalue weighted by atomic mass is 79.9. The van der Waals surface area contributed by atoms with Gasteiger partial charge < -0.3 is 19.5 Å². The Bertz CT molecular complexity index is 2520. The molecule has 6 unspecified atom stereocenters. The summed E-state index contributed by atoms with van der Waals surface area (Å²) in [5, 5.41) is 11.5. The molecule has 3 aromatic carbocycles. The number of pyridine rings is 1. The Morgan fingerprint density at radius 2 is 1.62 bits per heavy atom. The van der Waals surface area contributed by atoms with E-state index < -0.39 is 69.5 Å². The molecule has 1 saturated carbocycles. The van der Waals surface area contributed by atoms with Gasteiger partial charge in [0.25, 0.3) is 11.8 Å². The largest absolute Gasteiger partial charge is 0.503 e. The normalized spacial score (nSPS) is 26.2. The molecular weight excluding hydrogens is 906 g/mol. The van der Waals surface area contributed by atoms with Gasteiger partial charge in [-0.15, -0.1) is 0 Å². The third kappa shape index (κ3) is 6.55. The van der Waals surface area contributed by atoms with Crippen molar-refractivity contribution >= 4 is 80.0 Å². The van der Waals surface area contributed by atoms with Gasteiger partial charge in [-0.05, 0) is 100 Å². The number of halogens is 6. The van der Waals surface area contributed by atoms with Crippen LogP contribution in [0.25, 0.3) is 0 Å². The lowest BCUT2D eigenvalue weighted by Gasteiger charge is -2.50.